The molecule has 0 saturated carbocycles. The van der Waals surface area contributed by atoms with Crippen molar-refractivity contribution in [1.29, 1.82) is 0 Å². The SMILES string of the molecule is CC(C)c1cc(Cl)ccc1OC1CCNCC1. The fraction of sp³-hybridized carbons (Fsp3) is 0.571. The van der Waals surface area contributed by atoms with Crippen LogP contribution in [0.2, 0.25) is 5.02 Å². The molecule has 1 aliphatic heterocycles. The minimum absolute atomic E-state index is 0.343. The average molecular weight is 254 g/mol. The van der Waals surface area contributed by atoms with E-state index in [4.69, 9.17) is 16.3 Å². The number of hydrogen-bond donors (Lipinski definition) is 1. The molecule has 0 atom stereocenters. The molecule has 0 amide bonds. The Bertz CT molecular complexity index is 372. The van der Waals surface area contributed by atoms with Crippen molar-refractivity contribution >= 4 is 11.6 Å². The standard InChI is InChI=1S/C14H20ClNO/c1-10(2)13-9-11(15)3-4-14(13)17-12-5-7-16-8-6-12/h3-4,9-10,12,16H,5-8H2,1-2H3. The zero-order chi connectivity index (χ0) is 12.3. The first-order valence-electron chi connectivity index (χ1n) is 6.33. The Balaban J connectivity index is 2.13. The van der Waals surface area contributed by atoms with Crippen molar-refractivity contribution in [2.75, 3.05) is 13.1 Å². The Hall–Kier alpha value is -0.730. The molecular formula is C14H20ClNO. The summed E-state index contributed by atoms with van der Waals surface area (Å²) in [6.45, 7) is 6.44. The molecule has 1 aromatic carbocycles. The third kappa shape index (κ3) is 3.36. The summed E-state index contributed by atoms with van der Waals surface area (Å²) in [5.41, 5.74) is 1.20. The molecule has 1 aromatic rings. The van der Waals surface area contributed by atoms with E-state index in [1.54, 1.807) is 0 Å². The zero-order valence-corrected chi connectivity index (χ0v) is 11.3. The van der Waals surface area contributed by atoms with Gasteiger partial charge >= 0.3 is 0 Å². The fourth-order valence-corrected chi connectivity index (χ4v) is 2.35. The van der Waals surface area contributed by atoms with Gasteiger partial charge in [0, 0.05) is 5.02 Å². The van der Waals surface area contributed by atoms with Gasteiger partial charge in [-0.3, -0.25) is 0 Å². The highest BCUT2D eigenvalue weighted by atomic mass is 35.5. The maximum atomic E-state index is 6.10. The van der Waals surface area contributed by atoms with Crippen molar-refractivity contribution < 1.29 is 4.74 Å². The van der Waals surface area contributed by atoms with E-state index in [9.17, 15) is 0 Å². The van der Waals surface area contributed by atoms with Gasteiger partial charge in [0.05, 0.1) is 0 Å². The van der Waals surface area contributed by atoms with Crippen molar-refractivity contribution in [3.8, 4) is 5.75 Å². The van der Waals surface area contributed by atoms with Crippen LogP contribution in [0, 0.1) is 0 Å². The predicted molar refractivity (Wildman–Crippen MR) is 72.1 cm³/mol. The van der Waals surface area contributed by atoms with Crippen LogP contribution >= 0.6 is 11.6 Å². The lowest BCUT2D eigenvalue weighted by Gasteiger charge is -2.25. The van der Waals surface area contributed by atoms with Gasteiger partial charge in [-0.2, -0.15) is 0 Å². The molecule has 2 rings (SSSR count). The van der Waals surface area contributed by atoms with E-state index in [1.807, 2.05) is 18.2 Å². The highest BCUT2D eigenvalue weighted by Gasteiger charge is 2.17. The maximum absolute atomic E-state index is 6.10. The fourth-order valence-electron chi connectivity index (χ4n) is 2.17. The van der Waals surface area contributed by atoms with Crippen LogP contribution in [-0.2, 0) is 0 Å². The van der Waals surface area contributed by atoms with Gasteiger partial charge in [-0.15, -0.1) is 0 Å². The molecule has 1 N–H and O–H groups in total. The smallest absolute Gasteiger partial charge is 0.123 e. The third-order valence-electron chi connectivity index (χ3n) is 3.17. The van der Waals surface area contributed by atoms with Crippen molar-refractivity contribution in [2.45, 2.75) is 38.7 Å². The van der Waals surface area contributed by atoms with Gasteiger partial charge in [0.1, 0.15) is 11.9 Å². The second-order valence-corrected chi connectivity index (χ2v) is 5.34. The first-order chi connectivity index (χ1) is 8.16. The Kier molecular flexibility index (Phi) is 4.30. The van der Waals surface area contributed by atoms with Crippen LogP contribution in [0.3, 0.4) is 0 Å². The molecule has 2 nitrogen and oxygen atoms in total. The van der Waals surface area contributed by atoms with Crippen molar-refractivity contribution in [1.82, 2.24) is 5.32 Å². The summed E-state index contributed by atoms with van der Waals surface area (Å²) in [7, 11) is 0. The van der Waals surface area contributed by atoms with Crippen LogP contribution in [0.1, 0.15) is 38.2 Å². The van der Waals surface area contributed by atoms with Gasteiger partial charge < -0.3 is 10.1 Å². The van der Waals surface area contributed by atoms with Crippen LogP contribution in [-0.4, -0.2) is 19.2 Å². The highest BCUT2D eigenvalue weighted by molar-refractivity contribution is 6.30. The van der Waals surface area contributed by atoms with Crippen LogP contribution in [0.5, 0.6) is 5.75 Å². The number of piperidine rings is 1. The van der Waals surface area contributed by atoms with Crippen molar-refractivity contribution in [3.05, 3.63) is 28.8 Å². The van der Waals surface area contributed by atoms with Gasteiger partial charge in [-0.25, -0.2) is 0 Å². The van der Waals surface area contributed by atoms with Gasteiger partial charge in [0.15, 0.2) is 0 Å². The lowest BCUT2D eigenvalue weighted by atomic mass is 10.0. The maximum Gasteiger partial charge on any atom is 0.123 e. The Morgan fingerprint density at radius 3 is 2.65 bits per heavy atom. The number of nitrogens with one attached hydrogen (secondary N) is 1. The number of hydrogen-bond acceptors (Lipinski definition) is 2. The average Bonchev–Trinajstić information content (AvgIpc) is 2.32. The van der Waals surface area contributed by atoms with E-state index in [2.05, 4.69) is 19.2 Å². The third-order valence-corrected chi connectivity index (χ3v) is 3.41. The van der Waals surface area contributed by atoms with E-state index in [1.165, 1.54) is 5.56 Å². The van der Waals surface area contributed by atoms with E-state index >= 15 is 0 Å². The molecule has 0 aromatic heterocycles. The van der Waals surface area contributed by atoms with Gasteiger partial charge in [0.25, 0.3) is 0 Å². The largest absolute Gasteiger partial charge is 0.490 e. The molecule has 3 heteroatoms. The monoisotopic (exact) mass is 253 g/mol. The molecular weight excluding hydrogens is 234 g/mol. The van der Waals surface area contributed by atoms with Crippen LogP contribution in [0.4, 0.5) is 0 Å². The molecule has 0 bridgehead atoms. The summed E-state index contributed by atoms with van der Waals surface area (Å²) >= 11 is 6.04. The van der Waals surface area contributed by atoms with Crippen molar-refractivity contribution in [2.24, 2.45) is 0 Å². The second kappa shape index (κ2) is 5.74. The first kappa shape index (κ1) is 12.7. The molecule has 1 saturated heterocycles. The van der Waals surface area contributed by atoms with E-state index < -0.39 is 0 Å². The topological polar surface area (TPSA) is 21.3 Å². The normalized spacial score (nSPS) is 17.4. The molecule has 0 spiro atoms. The molecule has 0 radical (unpaired) electrons. The summed E-state index contributed by atoms with van der Waals surface area (Å²) < 4.78 is 6.10. The molecule has 94 valence electrons. The number of rotatable bonds is 3. The predicted octanol–water partition coefficient (Wildman–Crippen LogP) is 3.59. The first-order valence-corrected chi connectivity index (χ1v) is 6.71. The summed E-state index contributed by atoms with van der Waals surface area (Å²) in [6, 6.07) is 5.92. The van der Waals surface area contributed by atoms with Crippen molar-refractivity contribution in [3.63, 3.8) is 0 Å². The summed E-state index contributed by atoms with van der Waals surface area (Å²) in [5.74, 6) is 1.43. The molecule has 1 fully saturated rings. The molecule has 0 aliphatic carbocycles. The highest BCUT2D eigenvalue weighted by Crippen LogP contribution is 2.30. The lowest BCUT2D eigenvalue weighted by Crippen LogP contribution is -2.34. The minimum Gasteiger partial charge on any atom is -0.490 e. The zero-order valence-electron chi connectivity index (χ0n) is 10.5. The molecule has 0 unspecified atom stereocenters. The van der Waals surface area contributed by atoms with E-state index in [0.29, 0.717) is 12.0 Å². The Morgan fingerprint density at radius 1 is 1.29 bits per heavy atom. The second-order valence-electron chi connectivity index (χ2n) is 4.90. The quantitative estimate of drug-likeness (QED) is 0.889. The number of halogens is 1. The Morgan fingerprint density at radius 2 is 2.00 bits per heavy atom. The van der Waals surface area contributed by atoms with E-state index in [-0.39, 0.29) is 0 Å². The molecule has 1 heterocycles. The molecule has 17 heavy (non-hydrogen) atoms. The summed E-state index contributed by atoms with van der Waals surface area (Å²) in [6.07, 6.45) is 2.51. The minimum atomic E-state index is 0.343. The number of ether oxygens (including phenoxy) is 1. The Labute approximate surface area is 108 Å². The van der Waals surface area contributed by atoms with Gasteiger partial charge in [0.2, 0.25) is 0 Å². The lowest BCUT2D eigenvalue weighted by molar-refractivity contribution is 0.160. The van der Waals surface area contributed by atoms with Gasteiger partial charge in [-0.1, -0.05) is 25.4 Å². The summed E-state index contributed by atoms with van der Waals surface area (Å²) in [4.78, 5) is 0. The van der Waals surface area contributed by atoms with E-state index in [0.717, 1.165) is 36.7 Å². The number of benzene rings is 1. The van der Waals surface area contributed by atoms with Crippen LogP contribution in [0.25, 0.3) is 0 Å². The van der Waals surface area contributed by atoms with Crippen LogP contribution in [0.15, 0.2) is 18.2 Å². The summed E-state index contributed by atoms with van der Waals surface area (Å²) in [5, 5.41) is 4.13. The van der Waals surface area contributed by atoms with Crippen LogP contribution < -0.4 is 10.1 Å². The van der Waals surface area contributed by atoms with Gasteiger partial charge in [-0.05, 0) is 55.6 Å². The molecule has 1 aliphatic rings.